The van der Waals surface area contributed by atoms with Crippen LogP contribution in [0, 0.1) is 0 Å². The maximum absolute atomic E-state index is 3.80. The summed E-state index contributed by atoms with van der Waals surface area (Å²) in [5, 5.41) is 3.80. The molecular formula is C18H39N3. The van der Waals surface area contributed by atoms with Gasteiger partial charge in [-0.1, -0.05) is 34.1 Å². The van der Waals surface area contributed by atoms with Crippen LogP contribution in [0.25, 0.3) is 0 Å². The van der Waals surface area contributed by atoms with E-state index in [9.17, 15) is 0 Å². The number of hydrogen-bond acceptors (Lipinski definition) is 3. The van der Waals surface area contributed by atoms with Gasteiger partial charge in [0.1, 0.15) is 0 Å². The molecule has 3 unspecified atom stereocenters. The van der Waals surface area contributed by atoms with Crippen molar-refractivity contribution < 1.29 is 0 Å². The van der Waals surface area contributed by atoms with Gasteiger partial charge in [0.15, 0.2) is 0 Å². The lowest BCUT2D eigenvalue weighted by Crippen LogP contribution is -2.51. The van der Waals surface area contributed by atoms with E-state index >= 15 is 0 Å². The first-order chi connectivity index (χ1) is 10.2. The van der Waals surface area contributed by atoms with Gasteiger partial charge in [-0.2, -0.15) is 0 Å². The second kappa shape index (κ2) is 10.6. The fourth-order valence-electron chi connectivity index (χ4n) is 3.96. The van der Waals surface area contributed by atoms with Gasteiger partial charge in [-0.15, -0.1) is 0 Å². The Kier molecular flexibility index (Phi) is 9.54. The van der Waals surface area contributed by atoms with E-state index in [0.717, 1.165) is 12.6 Å². The summed E-state index contributed by atoms with van der Waals surface area (Å²) < 4.78 is 0. The lowest BCUT2D eigenvalue weighted by molar-refractivity contribution is 0.132. The molecule has 126 valence electrons. The standard InChI is InChI=1S/C18H39N3/c1-6-11-17(19-13-7-2)18(8-3)20(5)15-16-12-10-14-21(16)9-4/h16-19H,6-15H2,1-5H3. The molecule has 1 N–H and O–H groups in total. The van der Waals surface area contributed by atoms with Gasteiger partial charge in [-0.3, -0.25) is 4.90 Å². The van der Waals surface area contributed by atoms with Gasteiger partial charge < -0.3 is 10.2 Å². The topological polar surface area (TPSA) is 18.5 Å². The maximum Gasteiger partial charge on any atom is 0.0244 e. The van der Waals surface area contributed by atoms with Crippen LogP contribution in [-0.4, -0.2) is 61.2 Å². The van der Waals surface area contributed by atoms with E-state index in [4.69, 9.17) is 0 Å². The molecule has 0 bridgehead atoms. The van der Waals surface area contributed by atoms with Gasteiger partial charge in [0, 0.05) is 24.7 Å². The van der Waals surface area contributed by atoms with Crippen molar-refractivity contribution in [3.8, 4) is 0 Å². The van der Waals surface area contributed by atoms with Gasteiger partial charge in [-0.05, 0) is 58.8 Å². The van der Waals surface area contributed by atoms with Crippen molar-refractivity contribution in [2.75, 3.05) is 33.2 Å². The highest BCUT2D eigenvalue weighted by molar-refractivity contribution is 4.87. The SMILES string of the molecule is CCCNC(CCC)C(CC)N(C)CC1CCCN1CC. The first-order valence-electron chi connectivity index (χ1n) is 9.35. The van der Waals surface area contributed by atoms with Crippen LogP contribution in [0.15, 0.2) is 0 Å². The summed E-state index contributed by atoms with van der Waals surface area (Å²) in [4.78, 5) is 5.30. The molecule has 0 aromatic rings. The Morgan fingerprint density at radius 3 is 2.52 bits per heavy atom. The van der Waals surface area contributed by atoms with Crippen molar-refractivity contribution >= 4 is 0 Å². The van der Waals surface area contributed by atoms with E-state index in [1.54, 1.807) is 0 Å². The minimum Gasteiger partial charge on any atom is -0.312 e. The molecular weight excluding hydrogens is 258 g/mol. The number of hydrogen-bond donors (Lipinski definition) is 1. The molecule has 0 aromatic heterocycles. The zero-order valence-corrected chi connectivity index (χ0v) is 15.2. The van der Waals surface area contributed by atoms with Crippen LogP contribution >= 0.6 is 0 Å². The van der Waals surface area contributed by atoms with Gasteiger partial charge in [0.25, 0.3) is 0 Å². The number of likely N-dealkylation sites (tertiary alicyclic amines) is 1. The number of nitrogens with one attached hydrogen (secondary N) is 1. The highest BCUT2D eigenvalue weighted by atomic mass is 15.2. The first kappa shape index (κ1) is 18.9. The predicted molar refractivity (Wildman–Crippen MR) is 94.0 cm³/mol. The first-order valence-corrected chi connectivity index (χ1v) is 9.35. The molecule has 1 aliphatic rings. The Labute approximate surface area is 133 Å². The third kappa shape index (κ3) is 5.88. The van der Waals surface area contributed by atoms with Gasteiger partial charge in [-0.25, -0.2) is 0 Å². The summed E-state index contributed by atoms with van der Waals surface area (Å²) in [6, 6.07) is 2.11. The molecule has 1 heterocycles. The fraction of sp³-hybridized carbons (Fsp3) is 1.00. The maximum atomic E-state index is 3.80. The highest BCUT2D eigenvalue weighted by Gasteiger charge is 2.28. The quantitative estimate of drug-likeness (QED) is 0.631. The van der Waals surface area contributed by atoms with Crippen LogP contribution < -0.4 is 5.32 Å². The molecule has 3 nitrogen and oxygen atoms in total. The third-order valence-corrected chi connectivity index (χ3v) is 5.11. The largest absolute Gasteiger partial charge is 0.312 e. The molecule has 1 fully saturated rings. The molecule has 1 aliphatic heterocycles. The Hall–Kier alpha value is -0.120. The van der Waals surface area contributed by atoms with Crippen molar-refractivity contribution in [1.29, 1.82) is 0 Å². The van der Waals surface area contributed by atoms with Crippen LogP contribution in [-0.2, 0) is 0 Å². The molecule has 0 aliphatic carbocycles. The van der Waals surface area contributed by atoms with Gasteiger partial charge in [0.05, 0.1) is 0 Å². The molecule has 1 saturated heterocycles. The van der Waals surface area contributed by atoms with Crippen LogP contribution in [0.4, 0.5) is 0 Å². The van der Waals surface area contributed by atoms with Crippen molar-refractivity contribution in [3.05, 3.63) is 0 Å². The lowest BCUT2D eigenvalue weighted by atomic mass is 9.98. The van der Waals surface area contributed by atoms with E-state index in [0.29, 0.717) is 12.1 Å². The summed E-state index contributed by atoms with van der Waals surface area (Å²) in [5.74, 6) is 0. The van der Waals surface area contributed by atoms with E-state index < -0.39 is 0 Å². The lowest BCUT2D eigenvalue weighted by Gasteiger charge is -2.37. The normalized spacial score (nSPS) is 22.9. The summed E-state index contributed by atoms with van der Waals surface area (Å²) >= 11 is 0. The highest BCUT2D eigenvalue weighted by Crippen LogP contribution is 2.20. The summed E-state index contributed by atoms with van der Waals surface area (Å²) in [6.45, 7) is 14.1. The van der Waals surface area contributed by atoms with Crippen LogP contribution in [0.3, 0.4) is 0 Å². The van der Waals surface area contributed by atoms with Crippen LogP contribution in [0.1, 0.15) is 66.2 Å². The van der Waals surface area contributed by atoms with Crippen molar-refractivity contribution in [2.45, 2.75) is 84.3 Å². The Bertz CT molecular complexity index is 257. The van der Waals surface area contributed by atoms with Crippen molar-refractivity contribution in [3.63, 3.8) is 0 Å². The number of likely N-dealkylation sites (N-methyl/N-ethyl adjacent to an activating group) is 2. The van der Waals surface area contributed by atoms with Crippen LogP contribution in [0.2, 0.25) is 0 Å². The average molecular weight is 298 g/mol. The van der Waals surface area contributed by atoms with Gasteiger partial charge in [0.2, 0.25) is 0 Å². The summed E-state index contributed by atoms with van der Waals surface area (Å²) in [6.07, 6.45) is 7.82. The summed E-state index contributed by atoms with van der Waals surface area (Å²) in [5.41, 5.74) is 0. The number of rotatable bonds is 11. The minimum absolute atomic E-state index is 0.654. The molecule has 0 aromatic carbocycles. The molecule has 0 spiro atoms. The zero-order valence-electron chi connectivity index (χ0n) is 15.2. The molecule has 0 amide bonds. The second-order valence-electron chi connectivity index (χ2n) is 6.69. The van der Waals surface area contributed by atoms with E-state index in [1.807, 2.05) is 0 Å². The Morgan fingerprint density at radius 1 is 1.19 bits per heavy atom. The third-order valence-electron chi connectivity index (χ3n) is 5.11. The smallest absolute Gasteiger partial charge is 0.0244 e. The molecule has 21 heavy (non-hydrogen) atoms. The van der Waals surface area contributed by atoms with Crippen molar-refractivity contribution in [1.82, 2.24) is 15.1 Å². The Balaban J connectivity index is 2.58. The minimum atomic E-state index is 0.654. The number of nitrogens with zero attached hydrogens (tertiary/aromatic N) is 2. The van der Waals surface area contributed by atoms with Crippen LogP contribution in [0.5, 0.6) is 0 Å². The average Bonchev–Trinajstić information content (AvgIpc) is 2.92. The van der Waals surface area contributed by atoms with E-state index in [-0.39, 0.29) is 0 Å². The summed E-state index contributed by atoms with van der Waals surface area (Å²) in [7, 11) is 2.34. The predicted octanol–water partition coefficient (Wildman–Crippen LogP) is 3.35. The molecule has 1 rings (SSSR count). The van der Waals surface area contributed by atoms with Crippen molar-refractivity contribution in [2.24, 2.45) is 0 Å². The Morgan fingerprint density at radius 2 is 1.95 bits per heavy atom. The molecule has 0 radical (unpaired) electrons. The fourth-order valence-corrected chi connectivity index (χ4v) is 3.96. The monoisotopic (exact) mass is 297 g/mol. The van der Waals surface area contributed by atoms with Gasteiger partial charge >= 0.3 is 0 Å². The molecule has 0 saturated carbocycles. The van der Waals surface area contributed by atoms with E-state index in [1.165, 1.54) is 58.2 Å². The zero-order chi connectivity index (χ0) is 15.7. The molecule has 3 atom stereocenters. The molecule has 3 heteroatoms. The second-order valence-corrected chi connectivity index (χ2v) is 6.69. The van der Waals surface area contributed by atoms with E-state index in [2.05, 4.69) is 49.9 Å².